The lowest BCUT2D eigenvalue weighted by molar-refractivity contribution is 0.0919. The van der Waals surface area contributed by atoms with Gasteiger partial charge in [-0.2, -0.15) is 0 Å². The lowest BCUT2D eigenvalue weighted by Gasteiger charge is -2.31. The molecule has 4 nitrogen and oxygen atoms in total. The van der Waals surface area contributed by atoms with Crippen molar-refractivity contribution < 1.29 is 4.79 Å². The molecule has 5 heteroatoms. The highest BCUT2D eigenvalue weighted by Crippen LogP contribution is 2.16. The number of hydrogen-bond acceptors (Lipinski definition) is 3. The van der Waals surface area contributed by atoms with E-state index in [0.717, 1.165) is 5.69 Å². The van der Waals surface area contributed by atoms with Gasteiger partial charge in [0, 0.05) is 11.9 Å². The van der Waals surface area contributed by atoms with Crippen LogP contribution in [0.25, 0.3) is 0 Å². The Bertz CT molecular complexity index is 438. The molecule has 1 heterocycles. The molecule has 1 aromatic rings. The standard InChI is InChI=1S/C13H19N3OS/c1-4-13(5-2,12(14)18)16-11(17)10-7-6-9(3)15-8-10/h6-8H,4-5H2,1-3H3,(H2,14,18)(H,16,17). The minimum atomic E-state index is -0.614. The van der Waals surface area contributed by atoms with E-state index in [4.69, 9.17) is 18.0 Å². The molecule has 0 radical (unpaired) electrons. The van der Waals surface area contributed by atoms with Crippen molar-refractivity contribution in [2.45, 2.75) is 39.2 Å². The van der Waals surface area contributed by atoms with E-state index >= 15 is 0 Å². The van der Waals surface area contributed by atoms with Crippen molar-refractivity contribution in [3.8, 4) is 0 Å². The molecule has 0 fully saturated rings. The maximum Gasteiger partial charge on any atom is 0.253 e. The second-order valence-electron chi connectivity index (χ2n) is 4.30. The second kappa shape index (κ2) is 5.91. The van der Waals surface area contributed by atoms with Crippen molar-refractivity contribution in [1.82, 2.24) is 10.3 Å². The Labute approximate surface area is 113 Å². The van der Waals surface area contributed by atoms with Crippen molar-refractivity contribution >= 4 is 23.1 Å². The monoisotopic (exact) mass is 265 g/mol. The number of nitrogens with one attached hydrogen (secondary N) is 1. The number of amides is 1. The van der Waals surface area contributed by atoms with E-state index in [9.17, 15) is 4.79 Å². The molecule has 1 amide bonds. The number of aryl methyl sites for hydroxylation is 1. The summed E-state index contributed by atoms with van der Waals surface area (Å²) in [5, 5.41) is 2.92. The predicted octanol–water partition coefficient (Wildman–Crippen LogP) is 1.96. The lowest BCUT2D eigenvalue weighted by Crippen LogP contribution is -2.56. The fourth-order valence-electron chi connectivity index (χ4n) is 1.73. The maximum atomic E-state index is 12.1. The molecule has 0 aliphatic carbocycles. The molecular weight excluding hydrogens is 246 g/mol. The zero-order valence-electron chi connectivity index (χ0n) is 11.0. The van der Waals surface area contributed by atoms with E-state index in [1.807, 2.05) is 20.8 Å². The summed E-state index contributed by atoms with van der Waals surface area (Å²) in [6.07, 6.45) is 2.90. The van der Waals surface area contributed by atoms with E-state index in [-0.39, 0.29) is 5.91 Å². The van der Waals surface area contributed by atoms with Gasteiger partial charge < -0.3 is 11.1 Å². The molecule has 0 unspecified atom stereocenters. The summed E-state index contributed by atoms with van der Waals surface area (Å²) >= 11 is 5.06. The third-order valence-electron chi connectivity index (χ3n) is 3.21. The molecule has 0 atom stereocenters. The van der Waals surface area contributed by atoms with Gasteiger partial charge in [0.2, 0.25) is 0 Å². The van der Waals surface area contributed by atoms with Gasteiger partial charge in [0.25, 0.3) is 5.91 Å². The van der Waals surface area contributed by atoms with Crippen LogP contribution in [0, 0.1) is 6.92 Å². The van der Waals surface area contributed by atoms with Gasteiger partial charge in [0.1, 0.15) is 0 Å². The number of carbonyl (C=O) groups excluding carboxylic acids is 1. The highest BCUT2D eigenvalue weighted by Gasteiger charge is 2.31. The Balaban J connectivity index is 2.91. The van der Waals surface area contributed by atoms with E-state index in [1.165, 1.54) is 0 Å². The number of rotatable bonds is 5. The van der Waals surface area contributed by atoms with Crippen LogP contribution in [0.3, 0.4) is 0 Å². The van der Waals surface area contributed by atoms with E-state index in [1.54, 1.807) is 18.3 Å². The fourth-order valence-corrected chi connectivity index (χ4v) is 2.07. The SMILES string of the molecule is CCC(CC)(NC(=O)c1ccc(C)nc1)C(N)=S. The molecule has 3 N–H and O–H groups in total. The molecule has 0 saturated carbocycles. The van der Waals surface area contributed by atoms with Gasteiger partial charge in [0.15, 0.2) is 0 Å². The van der Waals surface area contributed by atoms with Crippen molar-refractivity contribution in [1.29, 1.82) is 0 Å². The van der Waals surface area contributed by atoms with Gasteiger partial charge in [-0.15, -0.1) is 0 Å². The topological polar surface area (TPSA) is 68.0 Å². The summed E-state index contributed by atoms with van der Waals surface area (Å²) in [7, 11) is 0. The lowest BCUT2D eigenvalue weighted by atomic mass is 9.92. The van der Waals surface area contributed by atoms with Crippen molar-refractivity contribution in [2.24, 2.45) is 5.73 Å². The summed E-state index contributed by atoms with van der Waals surface area (Å²) in [4.78, 5) is 16.5. The normalized spacial score (nSPS) is 11.1. The number of hydrogen-bond donors (Lipinski definition) is 2. The fraction of sp³-hybridized carbons (Fsp3) is 0.462. The minimum absolute atomic E-state index is 0.195. The Morgan fingerprint density at radius 3 is 2.44 bits per heavy atom. The molecule has 0 bridgehead atoms. The molecule has 0 aromatic carbocycles. The number of nitrogens with two attached hydrogens (primary N) is 1. The van der Waals surface area contributed by atoms with Gasteiger partial charge in [-0.3, -0.25) is 9.78 Å². The average molecular weight is 265 g/mol. The third kappa shape index (κ3) is 3.04. The highest BCUT2D eigenvalue weighted by atomic mass is 32.1. The first-order valence-corrected chi connectivity index (χ1v) is 6.41. The second-order valence-corrected chi connectivity index (χ2v) is 4.74. The largest absolute Gasteiger partial charge is 0.391 e. The first kappa shape index (κ1) is 14.6. The van der Waals surface area contributed by atoms with Crippen LogP contribution in [0.15, 0.2) is 18.3 Å². The van der Waals surface area contributed by atoms with Crippen molar-refractivity contribution in [2.75, 3.05) is 0 Å². The number of thiocarbonyl (C=S) groups is 1. The van der Waals surface area contributed by atoms with Crippen LogP contribution in [0.4, 0.5) is 0 Å². The summed E-state index contributed by atoms with van der Waals surface area (Å²) in [5.74, 6) is -0.195. The third-order valence-corrected chi connectivity index (χ3v) is 3.60. The molecule has 0 aliphatic rings. The Hall–Kier alpha value is -1.49. The molecule has 18 heavy (non-hydrogen) atoms. The van der Waals surface area contributed by atoms with Crippen LogP contribution in [-0.2, 0) is 0 Å². The van der Waals surface area contributed by atoms with Crippen LogP contribution in [0.1, 0.15) is 42.7 Å². The molecule has 98 valence electrons. The molecule has 0 aliphatic heterocycles. The number of aromatic nitrogens is 1. The molecule has 1 rings (SSSR count). The first-order chi connectivity index (χ1) is 8.45. The van der Waals surface area contributed by atoms with Gasteiger partial charge in [-0.05, 0) is 31.9 Å². The van der Waals surface area contributed by atoms with Crippen LogP contribution in [0.2, 0.25) is 0 Å². The van der Waals surface area contributed by atoms with Gasteiger partial charge in [-0.1, -0.05) is 26.1 Å². The Kier molecular flexibility index (Phi) is 4.78. The van der Waals surface area contributed by atoms with Crippen molar-refractivity contribution in [3.63, 3.8) is 0 Å². The van der Waals surface area contributed by atoms with Crippen LogP contribution < -0.4 is 11.1 Å². The van der Waals surface area contributed by atoms with Crippen molar-refractivity contribution in [3.05, 3.63) is 29.6 Å². The summed E-state index contributed by atoms with van der Waals surface area (Å²) in [5.41, 5.74) is 6.52. The Morgan fingerprint density at radius 2 is 2.06 bits per heavy atom. The van der Waals surface area contributed by atoms with Crippen LogP contribution in [0.5, 0.6) is 0 Å². The smallest absolute Gasteiger partial charge is 0.253 e. The summed E-state index contributed by atoms with van der Waals surface area (Å²) < 4.78 is 0. The minimum Gasteiger partial charge on any atom is -0.391 e. The van der Waals surface area contributed by atoms with E-state index < -0.39 is 5.54 Å². The zero-order valence-corrected chi connectivity index (χ0v) is 11.8. The van der Waals surface area contributed by atoms with Gasteiger partial charge in [-0.25, -0.2) is 0 Å². The van der Waals surface area contributed by atoms with E-state index in [2.05, 4.69) is 10.3 Å². The Morgan fingerprint density at radius 1 is 1.44 bits per heavy atom. The number of pyridine rings is 1. The number of carbonyl (C=O) groups is 1. The van der Waals surface area contributed by atoms with Gasteiger partial charge >= 0.3 is 0 Å². The molecule has 1 aromatic heterocycles. The molecular formula is C13H19N3OS. The highest BCUT2D eigenvalue weighted by molar-refractivity contribution is 7.80. The quantitative estimate of drug-likeness (QED) is 0.799. The van der Waals surface area contributed by atoms with Crippen LogP contribution >= 0.6 is 12.2 Å². The van der Waals surface area contributed by atoms with E-state index in [0.29, 0.717) is 23.4 Å². The maximum absolute atomic E-state index is 12.1. The summed E-state index contributed by atoms with van der Waals surface area (Å²) in [6.45, 7) is 5.78. The number of nitrogens with zero attached hydrogens (tertiary/aromatic N) is 1. The summed E-state index contributed by atoms with van der Waals surface area (Å²) in [6, 6.07) is 3.54. The predicted molar refractivity (Wildman–Crippen MR) is 76.5 cm³/mol. The zero-order chi connectivity index (χ0) is 13.8. The van der Waals surface area contributed by atoms with Crippen LogP contribution in [-0.4, -0.2) is 21.4 Å². The average Bonchev–Trinajstić information content (AvgIpc) is 2.36. The molecule has 0 saturated heterocycles. The molecule has 0 spiro atoms. The van der Waals surface area contributed by atoms with Gasteiger partial charge in [0.05, 0.1) is 16.1 Å². The first-order valence-electron chi connectivity index (χ1n) is 6.00.